The monoisotopic (exact) mass is 282 g/mol. The van der Waals surface area contributed by atoms with Crippen molar-refractivity contribution in [3.63, 3.8) is 0 Å². The predicted molar refractivity (Wildman–Crippen MR) is 80.8 cm³/mol. The predicted octanol–water partition coefficient (Wildman–Crippen LogP) is 2.21. The number of hydrogen-bond acceptors (Lipinski definition) is 2. The van der Waals surface area contributed by atoms with E-state index in [9.17, 15) is 4.79 Å². The van der Waals surface area contributed by atoms with Gasteiger partial charge in [-0.3, -0.25) is 4.79 Å². The number of rotatable bonds is 3. The summed E-state index contributed by atoms with van der Waals surface area (Å²) in [5.74, 6) is 0.197. The first-order valence-electron chi connectivity index (χ1n) is 6.57. The van der Waals surface area contributed by atoms with E-state index in [1.165, 1.54) is 0 Å². The maximum atomic E-state index is 12.7. The molecule has 0 radical (unpaired) electrons. The zero-order valence-electron chi connectivity index (χ0n) is 11.8. The molecule has 3 nitrogen and oxygen atoms in total. The van der Waals surface area contributed by atoms with Gasteiger partial charge < -0.3 is 10.2 Å². The molecule has 1 aliphatic heterocycles. The third-order valence-corrected chi connectivity index (χ3v) is 3.93. The molecule has 1 N–H and O–H groups in total. The highest BCUT2D eigenvalue weighted by molar-refractivity contribution is 5.87. The van der Waals surface area contributed by atoms with Gasteiger partial charge in [-0.25, -0.2) is 0 Å². The fourth-order valence-corrected chi connectivity index (χ4v) is 2.55. The van der Waals surface area contributed by atoms with Gasteiger partial charge in [-0.2, -0.15) is 0 Å². The fraction of sp³-hybridized carbons (Fsp3) is 0.533. The number of hydrogen-bond donors (Lipinski definition) is 1. The average molecular weight is 283 g/mol. The fourth-order valence-electron chi connectivity index (χ4n) is 2.55. The van der Waals surface area contributed by atoms with E-state index < -0.39 is 5.41 Å². The van der Waals surface area contributed by atoms with Gasteiger partial charge in [0.25, 0.3) is 0 Å². The summed E-state index contributed by atoms with van der Waals surface area (Å²) in [5, 5.41) is 3.31. The normalized spacial score (nSPS) is 18.8. The number of benzene rings is 1. The van der Waals surface area contributed by atoms with Crippen LogP contribution in [0.2, 0.25) is 0 Å². The lowest BCUT2D eigenvalue weighted by molar-refractivity contribution is -0.136. The lowest BCUT2D eigenvalue weighted by Crippen LogP contribution is -2.47. The summed E-state index contributed by atoms with van der Waals surface area (Å²) < 4.78 is 0. The average Bonchev–Trinajstić information content (AvgIpc) is 2.92. The Morgan fingerprint density at radius 1 is 1.32 bits per heavy atom. The molecule has 0 saturated carbocycles. The van der Waals surface area contributed by atoms with Crippen LogP contribution in [0.4, 0.5) is 0 Å². The topological polar surface area (TPSA) is 32.3 Å². The van der Waals surface area contributed by atoms with E-state index in [-0.39, 0.29) is 18.3 Å². The number of carbonyl (C=O) groups is 1. The first-order valence-corrected chi connectivity index (χ1v) is 6.57. The van der Waals surface area contributed by atoms with Crippen LogP contribution in [0.15, 0.2) is 30.3 Å². The zero-order valence-corrected chi connectivity index (χ0v) is 12.7. The highest BCUT2D eigenvalue weighted by Crippen LogP contribution is 2.26. The Morgan fingerprint density at radius 2 is 1.95 bits per heavy atom. The van der Waals surface area contributed by atoms with Gasteiger partial charge in [0.15, 0.2) is 0 Å². The van der Waals surface area contributed by atoms with Crippen LogP contribution in [-0.2, 0) is 10.2 Å². The Balaban J connectivity index is 0.00000180. The standard InChI is InChI=1S/C15H22N2O.ClH/c1-15(2,12-7-5-4-6-8-12)14(18)17(3)13-9-10-16-11-13;/h4-8,13,16H,9-11H2,1-3H3;1H. The van der Waals surface area contributed by atoms with Crippen LogP contribution in [0.5, 0.6) is 0 Å². The van der Waals surface area contributed by atoms with Gasteiger partial charge in [0, 0.05) is 19.6 Å². The Kier molecular flexibility index (Phi) is 5.39. The molecule has 1 fully saturated rings. The van der Waals surface area contributed by atoms with Gasteiger partial charge in [-0.1, -0.05) is 30.3 Å². The van der Waals surface area contributed by atoms with Crippen molar-refractivity contribution in [1.29, 1.82) is 0 Å². The van der Waals surface area contributed by atoms with Crippen molar-refractivity contribution < 1.29 is 4.79 Å². The summed E-state index contributed by atoms with van der Waals surface area (Å²) >= 11 is 0. The minimum atomic E-state index is -0.460. The lowest BCUT2D eigenvalue weighted by atomic mass is 9.83. The molecule has 0 aliphatic carbocycles. The molecule has 1 aliphatic rings. The Morgan fingerprint density at radius 3 is 2.47 bits per heavy atom. The van der Waals surface area contributed by atoms with Crippen LogP contribution < -0.4 is 5.32 Å². The van der Waals surface area contributed by atoms with Gasteiger partial charge in [0.2, 0.25) is 5.91 Å². The number of nitrogens with zero attached hydrogens (tertiary/aromatic N) is 1. The molecule has 1 unspecified atom stereocenters. The number of nitrogens with one attached hydrogen (secondary N) is 1. The number of likely N-dealkylation sites (N-methyl/N-ethyl adjacent to an activating group) is 1. The first-order chi connectivity index (χ1) is 8.53. The van der Waals surface area contributed by atoms with Crippen molar-refractivity contribution in [2.45, 2.75) is 31.7 Å². The number of amides is 1. The summed E-state index contributed by atoms with van der Waals surface area (Å²) in [5.41, 5.74) is 0.617. The van der Waals surface area contributed by atoms with E-state index in [1.54, 1.807) is 0 Å². The summed E-state index contributed by atoms with van der Waals surface area (Å²) in [7, 11) is 1.92. The molecule has 0 spiro atoms. The van der Waals surface area contributed by atoms with Crippen LogP contribution in [-0.4, -0.2) is 37.0 Å². The Bertz CT molecular complexity index is 413. The largest absolute Gasteiger partial charge is 0.341 e. The highest BCUT2D eigenvalue weighted by atomic mass is 35.5. The molecule has 1 amide bonds. The van der Waals surface area contributed by atoms with Crippen molar-refractivity contribution in [3.05, 3.63) is 35.9 Å². The molecule has 0 aromatic heterocycles. The molecule has 1 atom stereocenters. The van der Waals surface area contributed by atoms with Crippen molar-refractivity contribution in [1.82, 2.24) is 10.2 Å². The van der Waals surface area contributed by atoms with Crippen LogP contribution in [0.1, 0.15) is 25.8 Å². The van der Waals surface area contributed by atoms with Crippen LogP contribution >= 0.6 is 12.4 Å². The molecular weight excluding hydrogens is 260 g/mol. The van der Waals surface area contributed by atoms with Gasteiger partial charge in [-0.15, -0.1) is 12.4 Å². The quantitative estimate of drug-likeness (QED) is 0.922. The second-order valence-electron chi connectivity index (χ2n) is 5.55. The molecular formula is C15H23ClN2O. The van der Waals surface area contributed by atoms with Gasteiger partial charge in [-0.05, 0) is 32.4 Å². The molecule has 1 heterocycles. The molecule has 2 rings (SSSR count). The zero-order chi connectivity index (χ0) is 13.2. The molecule has 106 valence electrons. The Hall–Kier alpha value is -1.06. The maximum absolute atomic E-state index is 12.7. The number of halogens is 1. The summed E-state index contributed by atoms with van der Waals surface area (Å²) in [6.45, 7) is 5.92. The van der Waals surface area contributed by atoms with Crippen LogP contribution in [0.3, 0.4) is 0 Å². The summed E-state index contributed by atoms with van der Waals surface area (Å²) in [6, 6.07) is 10.3. The van der Waals surface area contributed by atoms with Gasteiger partial charge >= 0.3 is 0 Å². The van der Waals surface area contributed by atoms with E-state index in [2.05, 4.69) is 5.32 Å². The molecule has 1 aromatic rings. The minimum absolute atomic E-state index is 0. The molecule has 19 heavy (non-hydrogen) atoms. The smallest absolute Gasteiger partial charge is 0.232 e. The molecule has 4 heteroatoms. The van der Waals surface area contributed by atoms with Crippen LogP contribution in [0.25, 0.3) is 0 Å². The maximum Gasteiger partial charge on any atom is 0.232 e. The minimum Gasteiger partial charge on any atom is -0.341 e. The first kappa shape index (κ1) is 16.0. The third kappa shape index (κ3) is 3.28. The second kappa shape index (κ2) is 6.40. The van der Waals surface area contributed by atoms with E-state index in [0.29, 0.717) is 6.04 Å². The second-order valence-corrected chi connectivity index (χ2v) is 5.55. The van der Waals surface area contributed by atoms with E-state index in [4.69, 9.17) is 0 Å². The molecule has 0 bridgehead atoms. The van der Waals surface area contributed by atoms with E-state index in [1.807, 2.05) is 56.1 Å². The van der Waals surface area contributed by atoms with Gasteiger partial charge in [0.1, 0.15) is 0 Å². The SMILES string of the molecule is CN(C(=O)C(C)(C)c1ccccc1)C1CCNC1.Cl. The highest BCUT2D eigenvalue weighted by Gasteiger charge is 2.35. The van der Waals surface area contributed by atoms with Crippen molar-refractivity contribution >= 4 is 18.3 Å². The Labute approximate surface area is 121 Å². The number of carbonyl (C=O) groups excluding carboxylic acids is 1. The summed E-state index contributed by atoms with van der Waals surface area (Å²) in [6.07, 6.45) is 1.05. The van der Waals surface area contributed by atoms with Crippen molar-refractivity contribution in [3.8, 4) is 0 Å². The van der Waals surface area contributed by atoms with E-state index in [0.717, 1.165) is 25.1 Å². The summed E-state index contributed by atoms with van der Waals surface area (Å²) in [4.78, 5) is 14.6. The van der Waals surface area contributed by atoms with Crippen molar-refractivity contribution in [2.75, 3.05) is 20.1 Å². The van der Waals surface area contributed by atoms with Crippen LogP contribution in [0, 0.1) is 0 Å². The van der Waals surface area contributed by atoms with Gasteiger partial charge in [0.05, 0.1) is 5.41 Å². The molecule has 1 saturated heterocycles. The lowest BCUT2D eigenvalue weighted by Gasteiger charge is -2.33. The third-order valence-electron chi connectivity index (χ3n) is 3.93. The molecule has 1 aromatic carbocycles. The van der Waals surface area contributed by atoms with Crippen molar-refractivity contribution in [2.24, 2.45) is 0 Å². The van der Waals surface area contributed by atoms with E-state index >= 15 is 0 Å².